The third-order valence-corrected chi connectivity index (χ3v) is 3.70. The molecule has 0 bridgehead atoms. The van der Waals surface area contributed by atoms with Crippen LogP contribution in [-0.4, -0.2) is 31.9 Å². The Bertz CT molecular complexity index is 459. The highest BCUT2D eigenvalue weighted by atomic mass is 16.5. The van der Waals surface area contributed by atoms with Gasteiger partial charge in [0.15, 0.2) is 0 Å². The SMILES string of the molecule is CCCOc1ccccc1NC(=O)OCCC1CCCCN1. The van der Waals surface area contributed by atoms with Crippen LogP contribution in [0.4, 0.5) is 10.5 Å². The van der Waals surface area contributed by atoms with Gasteiger partial charge in [-0.15, -0.1) is 0 Å². The molecule has 1 aliphatic rings. The molecule has 122 valence electrons. The molecule has 1 heterocycles. The summed E-state index contributed by atoms with van der Waals surface area (Å²) in [4.78, 5) is 11.9. The van der Waals surface area contributed by atoms with E-state index in [9.17, 15) is 4.79 Å². The van der Waals surface area contributed by atoms with Crippen LogP contribution in [0.5, 0.6) is 5.75 Å². The van der Waals surface area contributed by atoms with E-state index in [2.05, 4.69) is 10.6 Å². The first-order chi connectivity index (χ1) is 10.8. The topological polar surface area (TPSA) is 59.6 Å². The highest BCUT2D eigenvalue weighted by molar-refractivity contribution is 5.86. The number of carbonyl (C=O) groups is 1. The first kappa shape index (κ1) is 16.6. The molecule has 0 aromatic heterocycles. The summed E-state index contributed by atoms with van der Waals surface area (Å²) in [6.45, 7) is 4.17. The van der Waals surface area contributed by atoms with Gasteiger partial charge in [0, 0.05) is 6.04 Å². The minimum Gasteiger partial charge on any atom is -0.491 e. The maximum absolute atomic E-state index is 11.9. The van der Waals surface area contributed by atoms with Crippen LogP contribution in [0.3, 0.4) is 0 Å². The lowest BCUT2D eigenvalue weighted by Gasteiger charge is -2.23. The van der Waals surface area contributed by atoms with Gasteiger partial charge in [0.05, 0.1) is 18.9 Å². The van der Waals surface area contributed by atoms with Crippen LogP contribution in [-0.2, 0) is 4.74 Å². The average molecular weight is 306 g/mol. The summed E-state index contributed by atoms with van der Waals surface area (Å²) in [5.41, 5.74) is 0.650. The van der Waals surface area contributed by atoms with Gasteiger partial charge in [0.1, 0.15) is 5.75 Å². The van der Waals surface area contributed by atoms with Gasteiger partial charge in [-0.25, -0.2) is 4.79 Å². The van der Waals surface area contributed by atoms with E-state index < -0.39 is 6.09 Å². The summed E-state index contributed by atoms with van der Waals surface area (Å²) in [5.74, 6) is 0.676. The van der Waals surface area contributed by atoms with Crippen LogP contribution < -0.4 is 15.4 Å². The Balaban J connectivity index is 1.74. The highest BCUT2D eigenvalue weighted by Crippen LogP contribution is 2.24. The summed E-state index contributed by atoms with van der Waals surface area (Å²) in [7, 11) is 0. The number of benzene rings is 1. The predicted molar refractivity (Wildman–Crippen MR) is 87.5 cm³/mol. The van der Waals surface area contributed by atoms with Crippen molar-refractivity contribution in [3.63, 3.8) is 0 Å². The van der Waals surface area contributed by atoms with E-state index in [1.165, 1.54) is 19.3 Å². The number of carbonyl (C=O) groups excluding carboxylic acids is 1. The minimum absolute atomic E-state index is 0.427. The summed E-state index contributed by atoms with van der Waals surface area (Å²) in [6.07, 6.45) is 5.02. The van der Waals surface area contributed by atoms with Crippen molar-refractivity contribution < 1.29 is 14.3 Å². The number of para-hydroxylation sites is 2. The molecule has 5 heteroatoms. The number of ether oxygens (including phenoxy) is 2. The fourth-order valence-corrected chi connectivity index (χ4v) is 2.52. The van der Waals surface area contributed by atoms with Crippen molar-refractivity contribution in [1.29, 1.82) is 0 Å². The number of anilines is 1. The normalized spacial score (nSPS) is 17.8. The van der Waals surface area contributed by atoms with Gasteiger partial charge in [-0.3, -0.25) is 5.32 Å². The van der Waals surface area contributed by atoms with Crippen molar-refractivity contribution in [2.24, 2.45) is 0 Å². The van der Waals surface area contributed by atoms with E-state index in [0.717, 1.165) is 19.4 Å². The molecule has 2 rings (SSSR count). The van der Waals surface area contributed by atoms with Crippen molar-refractivity contribution in [1.82, 2.24) is 5.32 Å². The van der Waals surface area contributed by atoms with Crippen LogP contribution in [0.1, 0.15) is 39.0 Å². The molecular weight excluding hydrogens is 280 g/mol. The lowest BCUT2D eigenvalue weighted by Crippen LogP contribution is -2.35. The summed E-state index contributed by atoms with van der Waals surface area (Å²) in [6, 6.07) is 7.88. The molecule has 1 aliphatic heterocycles. The third kappa shape index (κ3) is 5.56. The van der Waals surface area contributed by atoms with Crippen molar-refractivity contribution in [2.75, 3.05) is 25.1 Å². The molecule has 1 aromatic rings. The zero-order valence-electron chi connectivity index (χ0n) is 13.3. The zero-order chi connectivity index (χ0) is 15.6. The van der Waals surface area contributed by atoms with Crippen LogP contribution in [0.25, 0.3) is 0 Å². The van der Waals surface area contributed by atoms with Crippen LogP contribution in [0, 0.1) is 0 Å². The first-order valence-corrected chi connectivity index (χ1v) is 8.18. The van der Waals surface area contributed by atoms with E-state index in [1.807, 2.05) is 31.2 Å². The Hall–Kier alpha value is -1.75. The van der Waals surface area contributed by atoms with E-state index in [-0.39, 0.29) is 0 Å². The molecule has 2 N–H and O–H groups in total. The molecule has 0 spiro atoms. The van der Waals surface area contributed by atoms with Crippen LogP contribution in [0.15, 0.2) is 24.3 Å². The smallest absolute Gasteiger partial charge is 0.411 e. The maximum Gasteiger partial charge on any atom is 0.411 e. The molecule has 0 saturated carbocycles. The number of hydrogen-bond donors (Lipinski definition) is 2. The summed E-state index contributed by atoms with van der Waals surface area (Å²) < 4.78 is 10.9. The Morgan fingerprint density at radius 3 is 2.95 bits per heavy atom. The summed E-state index contributed by atoms with van der Waals surface area (Å²) in [5, 5.41) is 6.19. The Labute approximate surface area is 132 Å². The predicted octanol–water partition coefficient (Wildman–Crippen LogP) is 3.56. The quantitative estimate of drug-likeness (QED) is 0.808. The van der Waals surface area contributed by atoms with Crippen molar-refractivity contribution in [3.8, 4) is 5.75 Å². The van der Waals surface area contributed by atoms with Gasteiger partial charge in [0.25, 0.3) is 0 Å². The van der Waals surface area contributed by atoms with E-state index in [4.69, 9.17) is 9.47 Å². The second-order valence-electron chi connectivity index (χ2n) is 5.54. The zero-order valence-corrected chi connectivity index (χ0v) is 13.3. The fraction of sp³-hybridized carbons (Fsp3) is 0.588. The standard InChI is InChI=1S/C17H26N2O3/c1-2-12-21-16-9-4-3-8-15(16)19-17(20)22-13-10-14-7-5-6-11-18-14/h3-4,8-9,14,18H,2,5-7,10-13H2,1H3,(H,19,20). The molecule has 0 radical (unpaired) electrons. The Morgan fingerprint density at radius 2 is 2.18 bits per heavy atom. The van der Waals surface area contributed by atoms with E-state index in [1.54, 1.807) is 0 Å². The second kappa shape index (κ2) is 9.30. The van der Waals surface area contributed by atoms with E-state index in [0.29, 0.717) is 30.7 Å². The summed E-state index contributed by atoms with van der Waals surface area (Å²) >= 11 is 0. The third-order valence-electron chi connectivity index (χ3n) is 3.70. The second-order valence-corrected chi connectivity index (χ2v) is 5.54. The molecule has 1 unspecified atom stereocenters. The van der Waals surface area contributed by atoms with Gasteiger partial charge in [-0.05, 0) is 44.4 Å². The molecule has 22 heavy (non-hydrogen) atoms. The maximum atomic E-state index is 11.9. The van der Waals surface area contributed by atoms with Crippen molar-refractivity contribution in [2.45, 2.75) is 45.1 Å². The van der Waals surface area contributed by atoms with Crippen molar-refractivity contribution >= 4 is 11.8 Å². The van der Waals surface area contributed by atoms with Gasteiger partial charge < -0.3 is 14.8 Å². The number of amides is 1. The van der Waals surface area contributed by atoms with Gasteiger partial charge in [-0.2, -0.15) is 0 Å². The van der Waals surface area contributed by atoms with Crippen LogP contribution in [0.2, 0.25) is 0 Å². The first-order valence-electron chi connectivity index (χ1n) is 8.18. The minimum atomic E-state index is -0.427. The Morgan fingerprint density at radius 1 is 1.32 bits per heavy atom. The van der Waals surface area contributed by atoms with Crippen molar-refractivity contribution in [3.05, 3.63) is 24.3 Å². The lowest BCUT2D eigenvalue weighted by molar-refractivity contribution is 0.153. The number of hydrogen-bond acceptors (Lipinski definition) is 4. The largest absolute Gasteiger partial charge is 0.491 e. The highest BCUT2D eigenvalue weighted by Gasteiger charge is 2.13. The van der Waals surface area contributed by atoms with Gasteiger partial charge in [0.2, 0.25) is 0 Å². The lowest BCUT2D eigenvalue weighted by atomic mass is 10.0. The molecule has 1 saturated heterocycles. The molecular formula is C17H26N2O3. The van der Waals surface area contributed by atoms with Crippen LogP contribution >= 0.6 is 0 Å². The van der Waals surface area contributed by atoms with E-state index >= 15 is 0 Å². The monoisotopic (exact) mass is 306 g/mol. The molecule has 0 aliphatic carbocycles. The molecule has 1 amide bonds. The average Bonchev–Trinajstić information content (AvgIpc) is 2.55. The van der Waals surface area contributed by atoms with Gasteiger partial charge >= 0.3 is 6.09 Å². The fourth-order valence-electron chi connectivity index (χ4n) is 2.52. The molecule has 1 aromatic carbocycles. The molecule has 1 fully saturated rings. The van der Waals surface area contributed by atoms with Gasteiger partial charge in [-0.1, -0.05) is 25.5 Å². The Kier molecular flexibility index (Phi) is 7.03. The number of nitrogens with one attached hydrogen (secondary N) is 2. The number of rotatable bonds is 7. The molecule has 5 nitrogen and oxygen atoms in total. The number of piperidine rings is 1. The molecule has 1 atom stereocenters.